The third-order valence-corrected chi connectivity index (χ3v) is 6.70. The SMILES string of the molecule is CCSC1=N[C@H]2CS(=O)(=O)C[C@H]2N1c1ccc(C)c(C)c1. The molecule has 0 saturated carbocycles. The predicted octanol–water partition coefficient (Wildman–Crippen LogP) is 2.40. The van der Waals surface area contributed by atoms with Gasteiger partial charge in [0.1, 0.15) is 0 Å². The van der Waals surface area contributed by atoms with Gasteiger partial charge >= 0.3 is 0 Å². The average molecular weight is 324 g/mol. The Morgan fingerprint density at radius 3 is 2.71 bits per heavy atom. The monoisotopic (exact) mass is 324 g/mol. The molecule has 1 saturated heterocycles. The maximum atomic E-state index is 11.9. The number of amidine groups is 1. The Bertz CT molecular complexity index is 698. The lowest BCUT2D eigenvalue weighted by Gasteiger charge is -2.27. The molecule has 21 heavy (non-hydrogen) atoms. The van der Waals surface area contributed by atoms with E-state index in [1.807, 2.05) is 0 Å². The number of anilines is 1. The van der Waals surface area contributed by atoms with Crippen molar-refractivity contribution in [3.63, 3.8) is 0 Å². The summed E-state index contributed by atoms with van der Waals surface area (Å²) in [5, 5.41) is 0.964. The van der Waals surface area contributed by atoms with Gasteiger partial charge in [0, 0.05) is 5.69 Å². The summed E-state index contributed by atoms with van der Waals surface area (Å²) < 4.78 is 23.8. The number of hydrogen-bond acceptors (Lipinski definition) is 5. The highest BCUT2D eigenvalue weighted by molar-refractivity contribution is 8.14. The van der Waals surface area contributed by atoms with Crippen LogP contribution in [-0.2, 0) is 9.84 Å². The van der Waals surface area contributed by atoms with E-state index in [1.165, 1.54) is 11.1 Å². The van der Waals surface area contributed by atoms with Crippen LogP contribution in [0.3, 0.4) is 0 Å². The maximum Gasteiger partial charge on any atom is 0.164 e. The predicted molar refractivity (Wildman–Crippen MR) is 90.2 cm³/mol. The topological polar surface area (TPSA) is 49.7 Å². The van der Waals surface area contributed by atoms with Crippen LogP contribution in [0.25, 0.3) is 0 Å². The zero-order valence-corrected chi connectivity index (χ0v) is 14.2. The van der Waals surface area contributed by atoms with Gasteiger partial charge in [-0.25, -0.2) is 8.42 Å². The zero-order chi connectivity index (χ0) is 15.2. The fourth-order valence-electron chi connectivity index (χ4n) is 2.94. The van der Waals surface area contributed by atoms with Crippen LogP contribution >= 0.6 is 11.8 Å². The fourth-order valence-corrected chi connectivity index (χ4v) is 5.63. The normalized spacial score (nSPS) is 26.8. The van der Waals surface area contributed by atoms with Gasteiger partial charge in [-0.15, -0.1) is 0 Å². The lowest BCUT2D eigenvalue weighted by atomic mass is 10.1. The van der Waals surface area contributed by atoms with Gasteiger partial charge in [0.2, 0.25) is 0 Å². The molecule has 0 bridgehead atoms. The van der Waals surface area contributed by atoms with Gasteiger partial charge in [-0.1, -0.05) is 24.8 Å². The van der Waals surface area contributed by atoms with Gasteiger partial charge in [0.05, 0.1) is 23.6 Å². The first-order valence-corrected chi connectivity index (χ1v) is 9.99. The Morgan fingerprint density at radius 1 is 1.29 bits per heavy atom. The van der Waals surface area contributed by atoms with Crippen molar-refractivity contribution >= 4 is 32.5 Å². The van der Waals surface area contributed by atoms with Crippen molar-refractivity contribution in [2.45, 2.75) is 32.9 Å². The molecule has 2 atom stereocenters. The van der Waals surface area contributed by atoms with Crippen LogP contribution in [0, 0.1) is 13.8 Å². The highest BCUT2D eigenvalue weighted by Crippen LogP contribution is 2.35. The first kappa shape index (κ1) is 14.9. The maximum absolute atomic E-state index is 11.9. The molecule has 0 amide bonds. The first-order valence-electron chi connectivity index (χ1n) is 7.19. The number of benzene rings is 1. The molecule has 0 unspecified atom stereocenters. The Hall–Kier alpha value is -1.01. The van der Waals surface area contributed by atoms with E-state index >= 15 is 0 Å². The summed E-state index contributed by atoms with van der Waals surface area (Å²) >= 11 is 1.69. The minimum Gasteiger partial charge on any atom is -0.315 e. The standard InChI is InChI=1S/C15H20N2O2S2/c1-4-20-15-16-13-8-21(18,19)9-14(13)17(15)12-6-5-10(2)11(3)7-12/h5-7,13-14H,4,8-9H2,1-3H3/t13-,14+/m0/s1. The van der Waals surface area contributed by atoms with Gasteiger partial charge in [0.25, 0.3) is 0 Å². The number of fused-ring (bicyclic) bond motifs is 1. The molecule has 0 aliphatic carbocycles. The largest absolute Gasteiger partial charge is 0.315 e. The highest BCUT2D eigenvalue weighted by Gasteiger charge is 2.47. The van der Waals surface area contributed by atoms with E-state index in [9.17, 15) is 8.42 Å². The second kappa shape index (κ2) is 5.32. The van der Waals surface area contributed by atoms with E-state index in [4.69, 9.17) is 0 Å². The second-order valence-corrected chi connectivity index (χ2v) is 9.08. The summed E-state index contributed by atoms with van der Waals surface area (Å²) in [6, 6.07) is 6.16. The van der Waals surface area contributed by atoms with Gasteiger partial charge in [-0.2, -0.15) is 0 Å². The quantitative estimate of drug-likeness (QED) is 0.838. The van der Waals surface area contributed by atoms with Crippen LogP contribution in [0.5, 0.6) is 0 Å². The van der Waals surface area contributed by atoms with Crippen LogP contribution in [0.1, 0.15) is 18.1 Å². The van der Waals surface area contributed by atoms with Crippen LogP contribution in [0.15, 0.2) is 23.2 Å². The van der Waals surface area contributed by atoms with Crippen molar-refractivity contribution in [2.75, 3.05) is 22.2 Å². The number of aliphatic imine (C=N–C) groups is 1. The number of sulfone groups is 1. The molecule has 2 aliphatic heterocycles. The minimum atomic E-state index is -2.96. The van der Waals surface area contributed by atoms with Gasteiger partial charge in [0.15, 0.2) is 15.0 Å². The van der Waals surface area contributed by atoms with Gasteiger partial charge in [-0.3, -0.25) is 4.99 Å². The van der Waals surface area contributed by atoms with E-state index in [2.05, 4.69) is 48.9 Å². The number of rotatable bonds is 2. The third kappa shape index (κ3) is 2.71. The fraction of sp³-hybridized carbons (Fsp3) is 0.533. The molecule has 6 heteroatoms. The molecular formula is C15H20N2O2S2. The third-order valence-electron chi connectivity index (χ3n) is 4.15. The Morgan fingerprint density at radius 2 is 2.05 bits per heavy atom. The van der Waals surface area contributed by atoms with Crippen LogP contribution in [-0.4, -0.2) is 42.9 Å². The van der Waals surface area contributed by atoms with Crippen LogP contribution in [0.2, 0.25) is 0 Å². The molecule has 1 aromatic carbocycles. The Balaban J connectivity index is 2.01. The summed E-state index contributed by atoms with van der Waals surface area (Å²) in [7, 11) is -2.96. The van der Waals surface area contributed by atoms with Crippen molar-refractivity contribution in [1.29, 1.82) is 0 Å². The number of thioether (sulfide) groups is 1. The molecule has 114 valence electrons. The molecule has 2 aliphatic rings. The average Bonchev–Trinajstić information content (AvgIpc) is 2.85. The Labute approximate surface area is 130 Å². The van der Waals surface area contributed by atoms with Crippen molar-refractivity contribution in [2.24, 2.45) is 4.99 Å². The second-order valence-electron chi connectivity index (χ2n) is 5.69. The lowest BCUT2D eigenvalue weighted by molar-refractivity contribution is 0.601. The smallest absolute Gasteiger partial charge is 0.164 e. The van der Waals surface area contributed by atoms with E-state index in [-0.39, 0.29) is 23.6 Å². The van der Waals surface area contributed by atoms with Crippen LogP contribution in [0.4, 0.5) is 5.69 Å². The van der Waals surface area contributed by atoms with Crippen molar-refractivity contribution < 1.29 is 8.42 Å². The summed E-state index contributed by atoms with van der Waals surface area (Å²) in [6.07, 6.45) is 0. The summed E-state index contributed by atoms with van der Waals surface area (Å²) in [5.41, 5.74) is 3.52. The molecule has 2 heterocycles. The lowest BCUT2D eigenvalue weighted by Crippen LogP contribution is -2.39. The number of aryl methyl sites for hydroxylation is 2. The zero-order valence-electron chi connectivity index (χ0n) is 12.5. The van der Waals surface area contributed by atoms with E-state index in [0.717, 1.165) is 16.6 Å². The van der Waals surface area contributed by atoms with Crippen molar-refractivity contribution in [3.8, 4) is 0 Å². The molecule has 0 N–H and O–H groups in total. The molecule has 1 fully saturated rings. The number of hydrogen-bond donors (Lipinski definition) is 0. The van der Waals surface area contributed by atoms with Gasteiger partial charge < -0.3 is 4.90 Å². The minimum absolute atomic E-state index is 0.0360. The molecule has 1 aromatic rings. The van der Waals surface area contributed by atoms with Crippen molar-refractivity contribution in [1.82, 2.24) is 0 Å². The molecule has 0 radical (unpaired) electrons. The Kier molecular flexibility index (Phi) is 3.78. The molecule has 4 nitrogen and oxygen atoms in total. The molecular weight excluding hydrogens is 304 g/mol. The van der Waals surface area contributed by atoms with E-state index in [1.54, 1.807) is 11.8 Å². The van der Waals surface area contributed by atoms with Crippen molar-refractivity contribution in [3.05, 3.63) is 29.3 Å². The highest BCUT2D eigenvalue weighted by atomic mass is 32.2. The summed E-state index contributed by atoms with van der Waals surface area (Å²) in [4.78, 5) is 6.81. The summed E-state index contributed by atoms with van der Waals surface area (Å²) in [5.74, 6) is 1.33. The van der Waals surface area contributed by atoms with E-state index < -0.39 is 9.84 Å². The van der Waals surface area contributed by atoms with Gasteiger partial charge in [-0.05, 0) is 42.9 Å². The number of nitrogens with zero attached hydrogens (tertiary/aromatic N) is 2. The molecule has 0 spiro atoms. The van der Waals surface area contributed by atoms with E-state index in [0.29, 0.717) is 0 Å². The molecule has 3 rings (SSSR count). The summed E-state index contributed by atoms with van der Waals surface area (Å²) in [6.45, 7) is 6.26. The van der Waals surface area contributed by atoms with Crippen LogP contribution < -0.4 is 4.90 Å². The molecule has 0 aromatic heterocycles. The first-order chi connectivity index (χ1) is 9.91.